The van der Waals surface area contributed by atoms with E-state index < -0.39 is 0 Å². The van der Waals surface area contributed by atoms with Crippen LogP contribution in [-0.4, -0.2) is 52.4 Å². The average molecular weight is 346 g/mol. The number of hydrogen-bond acceptors (Lipinski definition) is 3. The first-order valence-electron chi connectivity index (χ1n) is 9.75. The molecule has 138 valence electrons. The second kappa shape index (κ2) is 6.13. The highest BCUT2D eigenvalue weighted by atomic mass is 16.5. The molecule has 2 atom stereocenters. The predicted molar refractivity (Wildman–Crippen MR) is 95.8 cm³/mol. The summed E-state index contributed by atoms with van der Waals surface area (Å²) in [6.45, 7) is 8.30. The van der Waals surface area contributed by atoms with Crippen molar-refractivity contribution in [2.75, 3.05) is 19.7 Å². The summed E-state index contributed by atoms with van der Waals surface area (Å²) >= 11 is 0. The molecular formula is C20H30N2O3. The minimum Gasteiger partial charge on any atom is -0.392 e. The van der Waals surface area contributed by atoms with Crippen molar-refractivity contribution in [2.24, 2.45) is 5.41 Å². The van der Waals surface area contributed by atoms with Crippen LogP contribution in [0, 0.1) is 19.3 Å². The lowest BCUT2D eigenvalue weighted by atomic mass is 9.58. The number of carbonyl (C=O) groups is 1. The molecule has 0 bridgehead atoms. The van der Waals surface area contributed by atoms with E-state index in [9.17, 15) is 9.90 Å². The molecular weight excluding hydrogens is 316 g/mol. The van der Waals surface area contributed by atoms with E-state index >= 15 is 0 Å². The van der Waals surface area contributed by atoms with Crippen molar-refractivity contribution >= 4 is 5.91 Å². The number of aliphatic hydroxyl groups excluding tert-OH is 1. The van der Waals surface area contributed by atoms with E-state index in [2.05, 4.69) is 24.5 Å². The van der Waals surface area contributed by atoms with E-state index in [4.69, 9.17) is 4.74 Å². The Labute approximate surface area is 150 Å². The van der Waals surface area contributed by atoms with Crippen molar-refractivity contribution in [2.45, 2.75) is 71.1 Å². The van der Waals surface area contributed by atoms with E-state index in [-0.39, 0.29) is 23.5 Å². The van der Waals surface area contributed by atoms with Crippen LogP contribution in [0.2, 0.25) is 0 Å². The first-order valence-corrected chi connectivity index (χ1v) is 9.75. The third kappa shape index (κ3) is 2.63. The number of rotatable bonds is 4. The fourth-order valence-electron chi connectivity index (χ4n) is 5.00. The summed E-state index contributed by atoms with van der Waals surface area (Å²) in [5.74, 6) is 0.150. The Bertz CT molecular complexity index is 667. The maximum Gasteiger partial charge on any atom is 0.255 e. The Morgan fingerprint density at radius 2 is 2.00 bits per heavy atom. The summed E-state index contributed by atoms with van der Waals surface area (Å²) in [6.07, 6.45) is 4.76. The number of piperidine rings is 1. The van der Waals surface area contributed by atoms with E-state index in [0.29, 0.717) is 25.7 Å². The molecule has 0 aromatic carbocycles. The molecule has 3 fully saturated rings. The number of aryl methyl sites for hydroxylation is 1. The Morgan fingerprint density at radius 1 is 1.32 bits per heavy atom. The molecule has 4 rings (SSSR count). The molecule has 2 saturated carbocycles. The highest BCUT2D eigenvalue weighted by Crippen LogP contribution is 2.51. The molecule has 1 aromatic rings. The predicted octanol–water partition coefficient (Wildman–Crippen LogP) is 2.83. The average Bonchev–Trinajstić information content (AvgIpc) is 3.39. The number of amides is 1. The monoisotopic (exact) mass is 346 g/mol. The van der Waals surface area contributed by atoms with Crippen molar-refractivity contribution in [1.82, 2.24) is 9.47 Å². The Morgan fingerprint density at radius 3 is 2.56 bits per heavy atom. The zero-order valence-corrected chi connectivity index (χ0v) is 15.6. The van der Waals surface area contributed by atoms with Crippen LogP contribution < -0.4 is 0 Å². The van der Waals surface area contributed by atoms with E-state index in [1.807, 2.05) is 11.8 Å². The van der Waals surface area contributed by atoms with Crippen molar-refractivity contribution in [1.29, 1.82) is 0 Å². The Hall–Kier alpha value is -1.33. The van der Waals surface area contributed by atoms with Crippen LogP contribution in [-0.2, 0) is 4.74 Å². The van der Waals surface area contributed by atoms with Crippen molar-refractivity contribution < 1.29 is 14.6 Å². The third-order valence-electron chi connectivity index (χ3n) is 6.72. The van der Waals surface area contributed by atoms with Gasteiger partial charge >= 0.3 is 0 Å². The minimum atomic E-state index is -0.277. The first-order chi connectivity index (χ1) is 12.0. The largest absolute Gasteiger partial charge is 0.392 e. The second-order valence-electron chi connectivity index (χ2n) is 8.11. The molecule has 2 unspecified atom stereocenters. The molecule has 1 amide bonds. The quantitative estimate of drug-likeness (QED) is 0.912. The van der Waals surface area contributed by atoms with Crippen LogP contribution in [0.5, 0.6) is 0 Å². The van der Waals surface area contributed by atoms with Crippen molar-refractivity contribution in [3.63, 3.8) is 0 Å². The highest BCUT2D eigenvalue weighted by molar-refractivity contribution is 5.95. The summed E-state index contributed by atoms with van der Waals surface area (Å²) in [6, 6.07) is 2.66. The number of nitrogens with zero attached hydrogens (tertiary/aromatic N) is 2. The zero-order chi connectivity index (χ0) is 17.8. The van der Waals surface area contributed by atoms with Gasteiger partial charge in [0.1, 0.15) is 0 Å². The van der Waals surface area contributed by atoms with Gasteiger partial charge in [0.25, 0.3) is 5.91 Å². The molecule has 0 radical (unpaired) electrons. The van der Waals surface area contributed by atoms with Crippen LogP contribution in [0.25, 0.3) is 0 Å². The number of likely N-dealkylation sites (tertiary alicyclic amines) is 1. The highest BCUT2D eigenvalue weighted by Gasteiger charge is 2.56. The van der Waals surface area contributed by atoms with E-state index in [1.165, 1.54) is 18.5 Å². The van der Waals surface area contributed by atoms with Crippen LogP contribution in [0.3, 0.4) is 0 Å². The second-order valence-corrected chi connectivity index (χ2v) is 8.11. The van der Waals surface area contributed by atoms with Gasteiger partial charge in [-0.3, -0.25) is 4.79 Å². The van der Waals surface area contributed by atoms with Crippen LogP contribution in [0.1, 0.15) is 66.8 Å². The van der Waals surface area contributed by atoms with Gasteiger partial charge in [-0.2, -0.15) is 0 Å². The van der Waals surface area contributed by atoms with Crippen molar-refractivity contribution in [3.8, 4) is 0 Å². The van der Waals surface area contributed by atoms with Crippen molar-refractivity contribution in [3.05, 3.63) is 23.0 Å². The number of aliphatic hydroxyl groups is 1. The van der Waals surface area contributed by atoms with Crippen LogP contribution >= 0.6 is 0 Å². The van der Waals surface area contributed by atoms with Gasteiger partial charge in [0, 0.05) is 49.0 Å². The number of ether oxygens (including phenoxy) is 1. The van der Waals surface area contributed by atoms with Gasteiger partial charge in [0.15, 0.2) is 0 Å². The molecule has 1 N–H and O–H groups in total. The molecule has 25 heavy (non-hydrogen) atoms. The molecule has 2 aliphatic carbocycles. The van der Waals surface area contributed by atoms with Gasteiger partial charge < -0.3 is 19.3 Å². The summed E-state index contributed by atoms with van der Waals surface area (Å²) < 4.78 is 8.16. The van der Waals surface area contributed by atoms with E-state index in [1.54, 1.807) is 0 Å². The number of hydrogen-bond donors (Lipinski definition) is 1. The number of aromatic nitrogens is 1. The van der Waals surface area contributed by atoms with Gasteiger partial charge in [-0.1, -0.05) is 0 Å². The maximum atomic E-state index is 13.1. The fourth-order valence-corrected chi connectivity index (χ4v) is 5.00. The molecule has 5 heteroatoms. The maximum absolute atomic E-state index is 13.1. The Kier molecular flexibility index (Phi) is 4.19. The summed E-state index contributed by atoms with van der Waals surface area (Å²) in [5.41, 5.74) is 3.04. The molecule has 1 aliphatic heterocycles. The normalized spacial score (nSPS) is 28.2. The molecule has 1 spiro atoms. The standard InChI is InChI=1S/C20H30N2O3/c1-4-25-18-12-17(23)20(18)7-9-21(10-8-20)19(24)16-11-13(2)22(14(16)3)15-5-6-15/h11,15,17-18,23H,4-10,12H2,1-3H3. The topological polar surface area (TPSA) is 54.7 Å². The van der Waals surface area contributed by atoms with Gasteiger partial charge in [-0.25, -0.2) is 0 Å². The smallest absolute Gasteiger partial charge is 0.255 e. The number of carbonyl (C=O) groups excluding carboxylic acids is 1. The minimum absolute atomic E-state index is 0.127. The summed E-state index contributed by atoms with van der Waals surface area (Å²) in [5, 5.41) is 10.3. The molecule has 1 aromatic heterocycles. The lowest BCUT2D eigenvalue weighted by Crippen LogP contribution is -2.62. The Balaban J connectivity index is 1.46. The molecule has 3 aliphatic rings. The molecule has 1 saturated heterocycles. The van der Waals surface area contributed by atoms with Crippen LogP contribution in [0.15, 0.2) is 6.07 Å². The lowest BCUT2D eigenvalue weighted by molar-refractivity contribution is -0.207. The summed E-state index contributed by atoms with van der Waals surface area (Å²) in [4.78, 5) is 15.0. The van der Waals surface area contributed by atoms with E-state index in [0.717, 1.165) is 30.5 Å². The fraction of sp³-hybridized carbons (Fsp3) is 0.750. The van der Waals surface area contributed by atoms with Crippen LogP contribution in [0.4, 0.5) is 0 Å². The zero-order valence-electron chi connectivity index (χ0n) is 15.6. The lowest BCUT2D eigenvalue weighted by Gasteiger charge is -2.56. The van der Waals surface area contributed by atoms with Gasteiger partial charge in [-0.05, 0) is 52.5 Å². The molecule has 5 nitrogen and oxygen atoms in total. The summed E-state index contributed by atoms with van der Waals surface area (Å²) in [7, 11) is 0. The molecule has 2 heterocycles. The third-order valence-corrected chi connectivity index (χ3v) is 6.72. The van der Waals surface area contributed by atoms with Gasteiger partial charge in [0.2, 0.25) is 0 Å². The first kappa shape index (κ1) is 17.1. The SMILES string of the molecule is CCOC1CC(O)C12CCN(C(=O)c1cc(C)n(C3CC3)c1C)CC2. The van der Waals surface area contributed by atoms with Gasteiger partial charge in [-0.15, -0.1) is 0 Å². The van der Waals surface area contributed by atoms with Gasteiger partial charge in [0.05, 0.1) is 17.8 Å².